The molecule has 2 aliphatic rings. The summed E-state index contributed by atoms with van der Waals surface area (Å²) in [4.78, 5) is 19.7. The zero-order valence-corrected chi connectivity index (χ0v) is 24.8. The van der Waals surface area contributed by atoms with Crippen LogP contribution in [-0.2, 0) is 23.6 Å². The third kappa shape index (κ3) is 7.86. The van der Waals surface area contributed by atoms with Gasteiger partial charge in [-0.3, -0.25) is 9.69 Å². The predicted octanol–water partition coefficient (Wildman–Crippen LogP) is 7.34. The first-order valence-corrected chi connectivity index (χ1v) is 14.7. The molecule has 2 heterocycles. The van der Waals surface area contributed by atoms with E-state index in [1.165, 1.54) is 24.2 Å². The van der Waals surface area contributed by atoms with Gasteiger partial charge in [-0.1, -0.05) is 18.6 Å². The van der Waals surface area contributed by atoms with Crippen molar-refractivity contribution in [1.82, 2.24) is 14.7 Å². The fraction of sp³-hybridized carbons (Fsp3) is 0.594. The summed E-state index contributed by atoms with van der Waals surface area (Å²) < 4.78 is 80.2. The molecule has 10 heteroatoms. The highest BCUT2D eigenvalue weighted by Gasteiger charge is 2.37. The lowest BCUT2D eigenvalue weighted by Crippen LogP contribution is -2.49. The van der Waals surface area contributed by atoms with Crippen LogP contribution in [0.15, 0.2) is 30.3 Å². The van der Waals surface area contributed by atoms with Crippen molar-refractivity contribution in [3.63, 3.8) is 0 Å². The number of aryl methyl sites for hydroxylation is 3. The lowest BCUT2D eigenvalue weighted by atomic mass is 9.92. The number of benzene rings is 2. The van der Waals surface area contributed by atoms with Crippen LogP contribution in [0.2, 0.25) is 0 Å². The van der Waals surface area contributed by atoms with Crippen molar-refractivity contribution in [3.8, 4) is 0 Å². The lowest BCUT2D eigenvalue weighted by Gasteiger charge is -2.44. The summed E-state index contributed by atoms with van der Waals surface area (Å²) >= 11 is 0. The van der Waals surface area contributed by atoms with Gasteiger partial charge in [0.05, 0.1) is 23.6 Å². The van der Waals surface area contributed by atoms with Crippen LogP contribution in [0.3, 0.4) is 0 Å². The highest BCUT2D eigenvalue weighted by molar-refractivity contribution is 5.78. The maximum absolute atomic E-state index is 13.4. The standard InChI is InChI=1S/C32H41F6N3O/c1-21-14-23(3)28(15-22(21)2)29(41-12-8-27(9-13-41)40-10-6-5-7-11-40)20-39(4)30(42)18-24-16-25(31(33,34)35)19-26(17-24)32(36,37)38/h14-17,19,27,29H,5-13,18,20H2,1-4H3. The molecule has 2 aromatic rings. The maximum atomic E-state index is 13.4. The van der Waals surface area contributed by atoms with Crippen LogP contribution in [0.5, 0.6) is 0 Å². The Morgan fingerprint density at radius 2 is 1.36 bits per heavy atom. The molecule has 4 rings (SSSR count). The van der Waals surface area contributed by atoms with Crippen molar-refractivity contribution in [2.75, 3.05) is 39.8 Å². The Kier molecular flexibility index (Phi) is 9.97. The molecule has 0 saturated carbocycles. The van der Waals surface area contributed by atoms with E-state index in [4.69, 9.17) is 0 Å². The lowest BCUT2D eigenvalue weighted by molar-refractivity contribution is -0.143. The average Bonchev–Trinajstić information content (AvgIpc) is 2.93. The van der Waals surface area contributed by atoms with E-state index in [1.54, 1.807) is 7.05 Å². The monoisotopic (exact) mass is 597 g/mol. The summed E-state index contributed by atoms with van der Waals surface area (Å²) in [5, 5.41) is 0. The third-order valence-corrected chi connectivity index (χ3v) is 8.96. The van der Waals surface area contributed by atoms with E-state index < -0.39 is 35.8 Å². The number of rotatable bonds is 7. The largest absolute Gasteiger partial charge is 0.416 e. The van der Waals surface area contributed by atoms with E-state index in [0.29, 0.717) is 18.2 Å². The van der Waals surface area contributed by atoms with Gasteiger partial charge in [-0.15, -0.1) is 0 Å². The molecule has 0 aromatic heterocycles. The Morgan fingerprint density at radius 1 is 0.810 bits per heavy atom. The van der Waals surface area contributed by atoms with Gasteiger partial charge in [0.2, 0.25) is 5.91 Å². The molecule has 0 bridgehead atoms. The second-order valence-corrected chi connectivity index (χ2v) is 12.0. The number of carbonyl (C=O) groups excluding carboxylic acids is 1. The van der Waals surface area contributed by atoms with Gasteiger partial charge in [0.25, 0.3) is 0 Å². The maximum Gasteiger partial charge on any atom is 0.416 e. The first-order valence-electron chi connectivity index (χ1n) is 14.7. The van der Waals surface area contributed by atoms with E-state index in [9.17, 15) is 31.1 Å². The number of piperidine rings is 2. The minimum absolute atomic E-state index is 0.0870. The van der Waals surface area contributed by atoms with E-state index in [0.717, 1.165) is 61.3 Å². The molecule has 2 fully saturated rings. The van der Waals surface area contributed by atoms with Gasteiger partial charge in [-0.2, -0.15) is 26.3 Å². The normalized spacial score (nSPS) is 18.7. The van der Waals surface area contributed by atoms with Crippen LogP contribution in [0, 0.1) is 20.8 Å². The van der Waals surface area contributed by atoms with Crippen molar-refractivity contribution < 1.29 is 31.1 Å². The van der Waals surface area contributed by atoms with Crippen molar-refractivity contribution in [2.24, 2.45) is 0 Å². The Balaban J connectivity index is 1.55. The van der Waals surface area contributed by atoms with Crippen LogP contribution in [-0.4, -0.2) is 66.4 Å². The number of carbonyl (C=O) groups is 1. The van der Waals surface area contributed by atoms with Gasteiger partial charge >= 0.3 is 12.4 Å². The van der Waals surface area contributed by atoms with Crippen LogP contribution < -0.4 is 0 Å². The molecule has 42 heavy (non-hydrogen) atoms. The molecule has 2 saturated heterocycles. The highest BCUT2D eigenvalue weighted by Crippen LogP contribution is 2.37. The second-order valence-electron chi connectivity index (χ2n) is 12.0. The van der Waals surface area contributed by atoms with E-state index in [-0.39, 0.29) is 24.2 Å². The summed E-state index contributed by atoms with van der Waals surface area (Å²) in [6.45, 7) is 10.4. The van der Waals surface area contributed by atoms with Crippen LogP contribution in [0.1, 0.15) is 77.1 Å². The van der Waals surface area contributed by atoms with Gasteiger partial charge < -0.3 is 9.80 Å². The Hall–Kier alpha value is -2.59. The number of likely N-dealkylation sites (N-methyl/N-ethyl adjacent to an activating group) is 1. The van der Waals surface area contributed by atoms with Crippen molar-refractivity contribution in [1.29, 1.82) is 0 Å². The number of alkyl halides is 6. The second kappa shape index (κ2) is 13.0. The zero-order chi connectivity index (χ0) is 30.8. The fourth-order valence-electron chi connectivity index (χ4n) is 6.39. The Bertz CT molecular complexity index is 1210. The van der Waals surface area contributed by atoms with Gasteiger partial charge in [-0.05, 0) is 106 Å². The average molecular weight is 598 g/mol. The fourth-order valence-corrected chi connectivity index (χ4v) is 6.39. The number of likely N-dealkylation sites (tertiary alicyclic amines) is 2. The van der Waals surface area contributed by atoms with Gasteiger partial charge in [0.1, 0.15) is 0 Å². The van der Waals surface area contributed by atoms with Crippen LogP contribution in [0.4, 0.5) is 26.3 Å². The summed E-state index contributed by atoms with van der Waals surface area (Å²) in [6, 6.07) is 6.02. The van der Waals surface area contributed by atoms with Crippen LogP contribution >= 0.6 is 0 Å². The molecule has 2 aromatic carbocycles. The van der Waals surface area contributed by atoms with E-state index >= 15 is 0 Å². The molecule has 0 aliphatic carbocycles. The molecule has 0 spiro atoms. The molecule has 1 amide bonds. The minimum Gasteiger partial charge on any atom is -0.344 e. The number of amides is 1. The number of hydrogen-bond acceptors (Lipinski definition) is 3. The predicted molar refractivity (Wildman–Crippen MR) is 151 cm³/mol. The molecule has 0 N–H and O–H groups in total. The molecular formula is C32H41F6N3O. The molecule has 232 valence electrons. The zero-order valence-electron chi connectivity index (χ0n) is 24.8. The molecule has 2 aliphatic heterocycles. The first-order chi connectivity index (χ1) is 19.6. The van der Waals surface area contributed by atoms with Crippen molar-refractivity contribution in [2.45, 2.75) is 83.7 Å². The van der Waals surface area contributed by atoms with E-state index in [1.807, 2.05) is 20.8 Å². The topological polar surface area (TPSA) is 26.8 Å². The van der Waals surface area contributed by atoms with Gasteiger partial charge in [0, 0.05) is 32.7 Å². The summed E-state index contributed by atoms with van der Waals surface area (Å²) in [5.74, 6) is -0.530. The molecule has 4 nitrogen and oxygen atoms in total. The highest BCUT2D eigenvalue weighted by atomic mass is 19.4. The minimum atomic E-state index is -4.96. The molecule has 0 radical (unpaired) electrons. The van der Waals surface area contributed by atoms with Crippen molar-refractivity contribution >= 4 is 5.91 Å². The quantitative estimate of drug-likeness (QED) is 0.313. The smallest absolute Gasteiger partial charge is 0.344 e. The Morgan fingerprint density at radius 3 is 1.90 bits per heavy atom. The summed E-state index contributed by atoms with van der Waals surface area (Å²) in [5.41, 5.74) is 1.33. The van der Waals surface area contributed by atoms with Crippen LogP contribution in [0.25, 0.3) is 0 Å². The van der Waals surface area contributed by atoms with Gasteiger partial charge in [0.15, 0.2) is 0 Å². The third-order valence-electron chi connectivity index (χ3n) is 8.96. The number of halogens is 6. The molecular weight excluding hydrogens is 556 g/mol. The van der Waals surface area contributed by atoms with Gasteiger partial charge in [-0.25, -0.2) is 0 Å². The first kappa shape index (κ1) is 32.3. The van der Waals surface area contributed by atoms with Crippen molar-refractivity contribution in [3.05, 3.63) is 69.3 Å². The SMILES string of the molecule is Cc1cc(C)c(C(CN(C)C(=O)Cc2cc(C(F)(F)F)cc(C(F)(F)F)c2)N2CCC(N3CCCCC3)CC2)cc1C. The number of hydrogen-bond donors (Lipinski definition) is 0. The summed E-state index contributed by atoms with van der Waals surface area (Å²) in [7, 11) is 1.57. The number of nitrogens with zero attached hydrogens (tertiary/aromatic N) is 3. The molecule has 1 atom stereocenters. The summed E-state index contributed by atoms with van der Waals surface area (Å²) in [6.07, 6.45) is -4.71. The molecule has 1 unspecified atom stereocenters. The Labute approximate surface area is 244 Å². The van der Waals surface area contributed by atoms with E-state index in [2.05, 4.69) is 21.9 Å².